The number of anilines is 2. The molecule has 0 fully saturated rings. The summed E-state index contributed by atoms with van der Waals surface area (Å²) in [5.41, 5.74) is 0.647. The first kappa shape index (κ1) is 18.2. The molecule has 1 heterocycles. The first-order valence-corrected chi connectivity index (χ1v) is 9.28. The summed E-state index contributed by atoms with van der Waals surface area (Å²) in [5.74, 6) is 0.346. The van der Waals surface area contributed by atoms with E-state index in [1.54, 1.807) is 12.1 Å². The van der Waals surface area contributed by atoms with Gasteiger partial charge in [-0.2, -0.15) is 0 Å². The summed E-state index contributed by atoms with van der Waals surface area (Å²) in [5, 5.41) is 0. The van der Waals surface area contributed by atoms with Crippen LogP contribution in [0, 0.1) is 12.7 Å². The van der Waals surface area contributed by atoms with Crippen molar-refractivity contribution < 1.29 is 12.8 Å². The molecular formula is C17H22FN3O2S. The van der Waals surface area contributed by atoms with Gasteiger partial charge in [-0.05, 0) is 49.2 Å². The van der Waals surface area contributed by atoms with Crippen molar-refractivity contribution in [3.63, 3.8) is 0 Å². The summed E-state index contributed by atoms with van der Waals surface area (Å²) in [6, 6.07) is 7.12. The topological polar surface area (TPSA) is 62.3 Å². The molecule has 1 N–H and O–H groups in total. The van der Waals surface area contributed by atoms with Crippen molar-refractivity contribution in [1.29, 1.82) is 0 Å². The van der Waals surface area contributed by atoms with E-state index in [9.17, 15) is 12.8 Å². The maximum Gasteiger partial charge on any atom is 0.261 e. The van der Waals surface area contributed by atoms with Crippen molar-refractivity contribution in [2.24, 2.45) is 0 Å². The molecule has 0 aliphatic carbocycles. The highest BCUT2D eigenvalue weighted by Crippen LogP contribution is 2.19. The molecule has 2 rings (SSSR count). The summed E-state index contributed by atoms with van der Waals surface area (Å²) in [4.78, 5) is 6.32. The quantitative estimate of drug-likeness (QED) is 0.828. The Balaban J connectivity index is 2.13. The van der Waals surface area contributed by atoms with Crippen LogP contribution in [0.5, 0.6) is 0 Å². The zero-order valence-electron chi connectivity index (χ0n) is 14.1. The number of hydrogen-bond acceptors (Lipinski definition) is 4. The number of benzene rings is 1. The second-order valence-electron chi connectivity index (χ2n) is 5.70. The van der Waals surface area contributed by atoms with Gasteiger partial charge in [0.25, 0.3) is 10.0 Å². The van der Waals surface area contributed by atoms with Gasteiger partial charge >= 0.3 is 0 Å². The minimum absolute atomic E-state index is 0.0190. The van der Waals surface area contributed by atoms with Gasteiger partial charge < -0.3 is 4.90 Å². The number of aryl methyl sites for hydroxylation is 1. The summed E-state index contributed by atoms with van der Waals surface area (Å²) in [6.07, 6.45) is 3.64. The number of rotatable bonds is 7. The van der Waals surface area contributed by atoms with Gasteiger partial charge in [0.15, 0.2) is 0 Å². The van der Waals surface area contributed by atoms with Gasteiger partial charge in [-0.25, -0.2) is 17.8 Å². The van der Waals surface area contributed by atoms with Crippen LogP contribution in [0.25, 0.3) is 0 Å². The lowest BCUT2D eigenvalue weighted by atomic mass is 10.2. The van der Waals surface area contributed by atoms with E-state index in [4.69, 9.17) is 0 Å². The fourth-order valence-electron chi connectivity index (χ4n) is 2.18. The van der Waals surface area contributed by atoms with Crippen LogP contribution in [0.3, 0.4) is 0 Å². The molecule has 0 bridgehead atoms. The molecule has 5 nitrogen and oxygen atoms in total. The van der Waals surface area contributed by atoms with E-state index in [-0.39, 0.29) is 10.5 Å². The molecule has 0 aliphatic heterocycles. The number of hydrogen-bond donors (Lipinski definition) is 1. The Morgan fingerprint density at radius 1 is 1.25 bits per heavy atom. The monoisotopic (exact) mass is 351 g/mol. The Morgan fingerprint density at radius 2 is 2.00 bits per heavy atom. The molecular weight excluding hydrogens is 329 g/mol. The molecule has 0 radical (unpaired) electrons. The van der Waals surface area contributed by atoms with E-state index in [1.165, 1.54) is 25.3 Å². The Kier molecular flexibility index (Phi) is 5.77. The Bertz CT molecular complexity index is 792. The van der Waals surface area contributed by atoms with Crippen LogP contribution < -0.4 is 9.62 Å². The van der Waals surface area contributed by atoms with E-state index in [1.807, 2.05) is 11.9 Å². The molecule has 0 spiro atoms. The number of sulfonamides is 1. The maximum atomic E-state index is 13.3. The molecule has 0 saturated carbocycles. The Morgan fingerprint density at radius 3 is 2.58 bits per heavy atom. The lowest BCUT2D eigenvalue weighted by molar-refractivity contribution is 0.598. The maximum absolute atomic E-state index is 13.3. The van der Waals surface area contributed by atoms with E-state index >= 15 is 0 Å². The van der Waals surface area contributed by atoms with Crippen molar-refractivity contribution in [2.45, 2.75) is 31.6 Å². The summed E-state index contributed by atoms with van der Waals surface area (Å²) >= 11 is 0. The first-order valence-electron chi connectivity index (χ1n) is 7.79. The lowest BCUT2D eigenvalue weighted by Gasteiger charge is -2.18. The first-order chi connectivity index (χ1) is 11.3. The van der Waals surface area contributed by atoms with Crippen LogP contribution in [0.15, 0.2) is 41.4 Å². The SMILES string of the molecule is CCCCN(C)c1ccc(NS(=O)(=O)c2ccc(F)c(C)c2)cn1. The fraction of sp³-hybridized carbons (Fsp3) is 0.353. The third-order valence-corrected chi connectivity index (χ3v) is 5.06. The highest BCUT2D eigenvalue weighted by molar-refractivity contribution is 7.92. The van der Waals surface area contributed by atoms with Crippen LogP contribution in [-0.2, 0) is 10.0 Å². The molecule has 0 aliphatic rings. The zero-order valence-corrected chi connectivity index (χ0v) is 14.9. The molecule has 0 amide bonds. The summed E-state index contributed by atoms with van der Waals surface area (Å²) in [7, 11) is -1.82. The third kappa shape index (κ3) is 4.44. The molecule has 2 aromatic rings. The molecule has 1 aromatic carbocycles. The molecule has 0 saturated heterocycles. The van der Waals surface area contributed by atoms with Crippen molar-refractivity contribution in [3.05, 3.63) is 47.9 Å². The zero-order chi connectivity index (χ0) is 17.7. The van der Waals surface area contributed by atoms with E-state index in [0.717, 1.165) is 31.3 Å². The molecule has 0 unspecified atom stereocenters. The predicted octanol–water partition coefficient (Wildman–Crippen LogP) is 3.57. The molecule has 0 atom stereocenters. The van der Waals surface area contributed by atoms with Gasteiger partial charge in [0.2, 0.25) is 0 Å². The van der Waals surface area contributed by atoms with Crippen LogP contribution in [-0.4, -0.2) is 27.0 Å². The predicted molar refractivity (Wildman–Crippen MR) is 94.4 cm³/mol. The molecule has 7 heteroatoms. The van der Waals surface area contributed by atoms with Crippen molar-refractivity contribution in [2.75, 3.05) is 23.2 Å². The number of pyridine rings is 1. The standard InChI is InChI=1S/C17H22FN3O2S/c1-4-5-10-21(3)17-9-6-14(12-19-17)20-24(22,23)15-7-8-16(18)13(2)11-15/h6-9,11-12,20H,4-5,10H2,1-3H3. The number of halogens is 1. The Hall–Kier alpha value is -2.15. The molecule has 130 valence electrons. The van der Waals surface area contributed by atoms with Crippen LogP contribution in [0.1, 0.15) is 25.3 Å². The van der Waals surface area contributed by atoms with Gasteiger partial charge in [0.05, 0.1) is 16.8 Å². The average molecular weight is 351 g/mol. The van der Waals surface area contributed by atoms with Crippen LogP contribution in [0.2, 0.25) is 0 Å². The van der Waals surface area contributed by atoms with Gasteiger partial charge in [0.1, 0.15) is 11.6 Å². The number of aromatic nitrogens is 1. The average Bonchev–Trinajstić information content (AvgIpc) is 2.55. The molecule has 24 heavy (non-hydrogen) atoms. The van der Waals surface area contributed by atoms with Gasteiger partial charge in [-0.1, -0.05) is 13.3 Å². The van der Waals surface area contributed by atoms with Gasteiger partial charge in [-0.3, -0.25) is 4.72 Å². The lowest BCUT2D eigenvalue weighted by Crippen LogP contribution is -2.19. The normalized spacial score (nSPS) is 11.3. The smallest absolute Gasteiger partial charge is 0.261 e. The minimum atomic E-state index is -3.77. The number of unbranched alkanes of at least 4 members (excludes halogenated alkanes) is 1. The van der Waals surface area contributed by atoms with E-state index in [2.05, 4.69) is 16.6 Å². The largest absolute Gasteiger partial charge is 0.360 e. The number of nitrogens with one attached hydrogen (secondary N) is 1. The highest BCUT2D eigenvalue weighted by atomic mass is 32.2. The van der Waals surface area contributed by atoms with Crippen LogP contribution >= 0.6 is 0 Å². The second kappa shape index (κ2) is 7.61. The van der Waals surface area contributed by atoms with Crippen molar-refractivity contribution in [1.82, 2.24) is 4.98 Å². The van der Waals surface area contributed by atoms with E-state index < -0.39 is 15.8 Å². The fourth-order valence-corrected chi connectivity index (χ4v) is 3.31. The van der Waals surface area contributed by atoms with E-state index in [0.29, 0.717) is 5.69 Å². The van der Waals surface area contributed by atoms with Gasteiger partial charge in [-0.15, -0.1) is 0 Å². The summed E-state index contributed by atoms with van der Waals surface area (Å²) < 4.78 is 40.5. The van der Waals surface area contributed by atoms with Crippen molar-refractivity contribution in [3.8, 4) is 0 Å². The van der Waals surface area contributed by atoms with Crippen LogP contribution in [0.4, 0.5) is 15.9 Å². The molecule has 1 aromatic heterocycles. The highest BCUT2D eigenvalue weighted by Gasteiger charge is 2.16. The Labute approximate surface area is 142 Å². The van der Waals surface area contributed by atoms with Gasteiger partial charge in [0, 0.05) is 13.6 Å². The van der Waals surface area contributed by atoms with Crippen molar-refractivity contribution >= 4 is 21.5 Å². The third-order valence-electron chi connectivity index (χ3n) is 3.68. The second-order valence-corrected chi connectivity index (χ2v) is 7.38. The summed E-state index contributed by atoms with van der Waals surface area (Å²) in [6.45, 7) is 4.54. The minimum Gasteiger partial charge on any atom is -0.360 e. The number of nitrogens with zero attached hydrogens (tertiary/aromatic N) is 2.